The lowest BCUT2D eigenvalue weighted by atomic mass is 10.1. The number of ether oxygens (including phenoxy) is 1. The molecule has 16 heavy (non-hydrogen) atoms. The van der Waals surface area contributed by atoms with Crippen LogP contribution in [0.4, 0.5) is 0 Å². The summed E-state index contributed by atoms with van der Waals surface area (Å²) in [6.07, 6.45) is 0.395. The van der Waals surface area contributed by atoms with Crippen molar-refractivity contribution >= 4 is 30.0 Å². The molecule has 0 aliphatic carbocycles. The molecule has 3 nitrogen and oxygen atoms in total. The van der Waals surface area contributed by atoms with E-state index in [1.54, 1.807) is 0 Å². The second-order valence-corrected chi connectivity index (χ2v) is 3.84. The van der Waals surface area contributed by atoms with Crippen molar-refractivity contribution in [2.75, 3.05) is 7.11 Å². The second kappa shape index (κ2) is 6.74. The topological polar surface area (TPSA) is 52.3 Å². The van der Waals surface area contributed by atoms with Gasteiger partial charge in [-0.25, -0.2) is 0 Å². The van der Waals surface area contributed by atoms with Gasteiger partial charge in [-0.1, -0.05) is 23.7 Å². The van der Waals surface area contributed by atoms with Gasteiger partial charge in [-0.05, 0) is 30.5 Å². The lowest BCUT2D eigenvalue weighted by molar-refractivity contribution is -0.142. The molecule has 0 spiro atoms. The maximum atomic E-state index is 11.1. The molecule has 0 aromatic heterocycles. The van der Waals surface area contributed by atoms with Crippen LogP contribution in [0.3, 0.4) is 0 Å². The monoisotopic (exact) mass is 263 g/mol. The van der Waals surface area contributed by atoms with Crippen LogP contribution in [0.1, 0.15) is 11.1 Å². The highest BCUT2D eigenvalue weighted by Gasteiger charge is 2.15. The van der Waals surface area contributed by atoms with Crippen LogP contribution < -0.4 is 5.73 Å². The fourth-order valence-corrected chi connectivity index (χ4v) is 1.60. The number of methoxy groups -OCH3 is 1. The Kier molecular flexibility index (Phi) is 6.41. The van der Waals surface area contributed by atoms with Crippen molar-refractivity contribution in [3.63, 3.8) is 0 Å². The number of nitrogens with two attached hydrogens (primary N) is 1. The molecule has 1 unspecified atom stereocenters. The largest absolute Gasteiger partial charge is 0.468 e. The summed E-state index contributed by atoms with van der Waals surface area (Å²) in [6.45, 7) is 1.95. The first-order valence-corrected chi connectivity index (χ1v) is 5.01. The van der Waals surface area contributed by atoms with E-state index in [0.717, 1.165) is 11.1 Å². The van der Waals surface area contributed by atoms with Crippen molar-refractivity contribution in [2.45, 2.75) is 19.4 Å². The van der Waals surface area contributed by atoms with Gasteiger partial charge in [0, 0.05) is 5.02 Å². The molecule has 1 atom stereocenters. The van der Waals surface area contributed by atoms with Crippen LogP contribution in [0, 0.1) is 6.92 Å². The average molecular weight is 264 g/mol. The van der Waals surface area contributed by atoms with Gasteiger partial charge in [-0.3, -0.25) is 4.79 Å². The third-order valence-corrected chi connectivity index (χ3v) is 2.50. The van der Waals surface area contributed by atoms with E-state index in [2.05, 4.69) is 4.74 Å². The molecule has 2 N–H and O–H groups in total. The van der Waals surface area contributed by atoms with E-state index >= 15 is 0 Å². The van der Waals surface area contributed by atoms with E-state index in [1.165, 1.54) is 7.11 Å². The van der Waals surface area contributed by atoms with Gasteiger partial charge in [-0.2, -0.15) is 0 Å². The number of hydrogen-bond donors (Lipinski definition) is 1. The Bertz CT molecular complexity index is 369. The smallest absolute Gasteiger partial charge is 0.322 e. The maximum Gasteiger partial charge on any atom is 0.322 e. The molecule has 0 fully saturated rings. The lowest BCUT2D eigenvalue weighted by Crippen LogP contribution is -2.33. The van der Waals surface area contributed by atoms with Gasteiger partial charge < -0.3 is 10.5 Å². The molecule has 0 aliphatic rings. The number of halogens is 2. The predicted molar refractivity (Wildman–Crippen MR) is 67.1 cm³/mol. The fraction of sp³-hybridized carbons (Fsp3) is 0.364. The molecular weight excluding hydrogens is 249 g/mol. The summed E-state index contributed by atoms with van der Waals surface area (Å²) in [5, 5.41) is 0.634. The van der Waals surface area contributed by atoms with Crippen molar-refractivity contribution in [1.29, 1.82) is 0 Å². The minimum Gasteiger partial charge on any atom is -0.468 e. The van der Waals surface area contributed by atoms with Crippen molar-refractivity contribution in [1.82, 2.24) is 0 Å². The van der Waals surface area contributed by atoms with E-state index in [1.807, 2.05) is 25.1 Å². The molecule has 5 heteroatoms. The van der Waals surface area contributed by atoms with E-state index < -0.39 is 12.0 Å². The minimum atomic E-state index is -0.657. The molecule has 0 heterocycles. The van der Waals surface area contributed by atoms with Gasteiger partial charge in [0.1, 0.15) is 6.04 Å². The summed E-state index contributed by atoms with van der Waals surface area (Å²) in [5.41, 5.74) is 7.57. The number of carbonyl (C=O) groups is 1. The fourth-order valence-electron chi connectivity index (χ4n) is 1.29. The van der Waals surface area contributed by atoms with Crippen LogP contribution in [0.5, 0.6) is 0 Å². The number of rotatable bonds is 3. The molecule has 0 saturated carbocycles. The zero-order valence-electron chi connectivity index (χ0n) is 9.20. The standard InChI is InChI=1S/C11H14ClNO2.ClH/c1-7-3-4-8(9(12)5-7)6-10(13)11(14)15-2;/h3-5,10H,6,13H2,1-2H3;1H. The van der Waals surface area contributed by atoms with Crippen LogP contribution in [0.15, 0.2) is 18.2 Å². The van der Waals surface area contributed by atoms with Gasteiger partial charge in [0.25, 0.3) is 0 Å². The van der Waals surface area contributed by atoms with Crippen LogP contribution in [-0.4, -0.2) is 19.1 Å². The van der Waals surface area contributed by atoms with Crippen LogP contribution in [0.2, 0.25) is 5.02 Å². The van der Waals surface area contributed by atoms with Crippen molar-refractivity contribution < 1.29 is 9.53 Å². The predicted octanol–water partition coefficient (Wildman–Crippen LogP) is 2.11. The number of hydrogen-bond acceptors (Lipinski definition) is 3. The summed E-state index contributed by atoms with van der Waals surface area (Å²) in [5.74, 6) is -0.424. The van der Waals surface area contributed by atoms with Crippen molar-refractivity contribution in [3.8, 4) is 0 Å². The highest BCUT2D eigenvalue weighted by atomic mass is 35.5. The number of esters is 1. The Balaban J connectivity index is 0.00000225. The first-order chi connectivity index (χ1) is 7.04. The molecule has 1 rings (SSSR count). The molecule has 0 bridgehead atoms. The highest BCUT2D eigenvalue weighted by molar-refractivity contribution is 6.31. The van der Waals surface area contributed by atoms with Crippen molar-refractivity contribution in [3.05, 3.63) is 34.3 Å². The zero-order chi connectivity index (χ0) is 11.4. The molecule has 90 valence electrons. The molecular formula is C11H15Cl2NO2. The van der Waals surface area contributed by atoms with Crippen LogP contribution >= 0.6 is 24.0 Å². The Hall–Kier alpha value is -0.770. The van der Waals surface area contributed by atoms with Gasteiger partial charge in [0.15, 0.2) is 0 Å². The zero-order valence-corrected chi connectivity index (χ0v) is 10.8. The molecule has 0 aliphatic heterocycles. The quantitative estimate of drug-likeness (QED) is 0.851. The first-order valence-electron chi connectivity index (χ1n) is 4.63. The van der Waals surface area contributed by atoms with Gasteiger partial charge in [0.05, 0.1) is 7.11 Å². The summed E-state index contributed by atoms with van der Waals surface area (Å²) >= 11 is 6.01. The molecule has 1 aromatic rings. The van der Waals surface area contributed by atoms with E-state index in [-0.39, 0.29) is 12.4 Å². The Morgan fingerprint density at radius 3 is 2.69 bits per heavy atom. The Morgan fingerprint density at radius 1 is 1.56 bits per heavy atom. The van der Waals surface area contributed by atoms with Crippen molar-refractivity contribution in [2.24, 2.45) is 5.73 Å². The van der Waals surface area contributed by atoms with Gasteiger partial charge >= 0.3 is 5.97 Å². The first kappa shape index (κ1) is 15.2. The highest BCUT2D eigenvalue weighted by Crippen LogP contribution is 2.18. The van der Waals surface area contributed by atoms with E-state index in [9.17, 15) is 4.79 Å². The molecule has 0 amide bonds. The number of carbonyl (C=O) groups excluding carboxylic acids is 1. The summed E-state index contributed by atoms with van der Waals surface area (Å²) < 4.78 is 4.54. The molecule has 1 aromatic carbocycles. The lowest BCUT2D eigenvalue weighted by Gasteiger charge is -2.10. The minimum absolute atomic E-state index is 0. The average Bonchev–Trinajstić information content (AvgIpc) is 2.20. The normalized spacial score (nSPS) is 11.5. The second-order valence-electron chi connectivity index (χ2n) is 3.43. The summed E-state index contributed by atoms with van der Waals surface area (Å²) in [7, 11) is 1.32. The third kappa shape index (κ3) is 4.00. The van der Waals surface area contributed by atoms with E-state index in [0.29, 0.717) is 11.4 Å². The number of aryl methyl sites for hydroxylation is 1. The number of benzene rings is 1. The van der Waals surface area contributed by atoms with Gasteiger partial charge in [0.2, 0.25) is 0 Å². The van der Waals surface area contributed by atoms with Crippen LogP contribution in [-0.2, 0) is 16.0 Å². The summed E-state index contributed by atoms with van der Waals surface area (Å²) in [6, 6.07) is 5.00. The SMILES string of the molecule is COC(=O)C(N)Cc1ccc(C)cc1Cl.Cl. The third-order valence-electron chi connectivity index (χ3n) is 2.15. The maximum absolute atomic E-state index is 11.1. The van der Waals surface area contributed by atoms with Crippen LogP contribution in [0.25, 0.3) is 0 Å². The van der Waals surface area contributed by atoms with E-state index in [4.69, 9.17) is 17.3 Å². The Labute approximate surface area is 106 Å². The molecule has 0 saturated heterocycles. The van der Waals surface area contributed by atoms with Gasteiger partial charge in [-0.15, -0.1) is 12.4 Å². The Morgan fingerprint density at radius 2 is 2.19 bits per heavy atom. The molecule has 0 radical (unpaired) electrons. The summed E-state index contributed by atoms with van der Waals surface area (Å²) in [4.78, 5) is 11.1.